The predicted molar refractivity (Wildman–Crippen MR) is 118 cm³/mol. The quantitative estimate of drug-likeness (QED) is 0.608. The average molecular weight is 443 g/mol. The zero-order valence-electron chi connectivity index (χ0n) is 17.8. The number of nitrogens with zero attached hydrogens (tertiary/aromatic N) is 6. The van der Waals surface area contributed by atoms with Crippen LogP contribution in [0.4, 0.5) is 11.5 Å². The Kier molecular flexibility index (Phi) is 5.05. The SMILES string of the molecule is Cc1noc(C)c1S(=O)(=O)N1CCN(c2ccc3ncnc(N4CCCC4)c3c2)CC1. The van der Waals surface area contributed by atoms with Crippen LogP contribution in [0.15, 0.2) is 33.9 Å². The van der Waals surface area contributed by atoms with Crippen LogP contribution in [-0.4, -0.2) is 67.1 Å². The number of anilines is 2. The first-order valence-electron chi connectivity index (χ1n) is 10.6. The third kappa shape index (κ3) is 3.53. The van der Waals surface area contributed by atoms with Crippen molar-refractivity contribution in [3.05, 3.63) is 36.0 Å². The molecule has 31 heavy (non-hydrogen) atoms. The van der Waals surface area contributed by atoms with Crippen molar-refractivity contribution in [2.24, 2.45) is 0 Å². The van der Waals surface area contributed by atoms with E-state index in [0.29, 0.717) is 37.6 Å². The lowest BCUT2D eigenvalue weighted by Gasteiger charge is -2.35. The Bertz CT molecular complexity index is 1190. The number of fused-ring (bicyclic) bond motifs is 1. The number of aryl methyl sites for hydroxylation is 2. The molecule has 0 atom stereocenters. The van der Waals surface area contributed by atoms with Gasteiger partial charge in [0.1, 0.15) is 22.7 Å². The fourth-order valence-corrected chi connectivity index (χ4v) is 6.28. The molecule has 2 fully saturated rings. The molecule has 3 aromatic rings. The minimum atomic E-state index is -3.61. The van der Waals surface area contributed by atoms with Gasteiger partial charge in [-0.2, -0.15) is 4.31 Å². The Morgan fingerprint density at radius 1 is 0.935 bits per heavy atom. The van der Waals surface area contributed by atoms with Crippen molar-refractivity contribution < 1.29 is 12.9 Å². The summed E-state index contributed by atoms with van der Waals surface area (Å²) in [6, 6.07) is 6.22. The van der Waals surface area contributed by atoms with Gasteiger partial charge < -0.3 is 14.3 Å². The van der Waals surface area contributed by atoms with Gasteiger partial charge in [0.2, 0.25) is 10.0 Å². The molecule has 2 aliphatic rings. The number of piperazine rings is 1. The zero-order valence-corrected chi connectivity index (χ0v) is 18.6. The summed E-state index contributed by atoms with van der Waals surface area (Å²) in [5.74, 6) is 1.33. The molecule has 10 heteroatoms. The summed E-state index contributed by atoms with van der Waals surface area (Å²) in [5.41, 5.74) is 2.40. The van der Waals surface area contributed by atoms with Gasteiger partial charge in [0, 0.05) is 50.3 Å². The fourth-order valence-electron chi connectivity index (χ4n) is 4.57. The van der Waals surface area contributed by atoms with Gasteiger partial charge in [-0.25, -0.2) is 18.4 Å². The molecule has 0 amide bonds. The van der Waals surface area contributed by atoms with Crippen LogP contribution < -0.4 is 9.80 Å². The molecule has 2 saturated heterocycles. The largest absolute Gasteiger partial charge is 0.369 e. The number of benzene rings is 1. The molecular formula is C21H26N6O3S. The van der Waals surface area contributed by atoms with Crippen molar-refractivity contribution in [3.8, 4) is 0 Å². The molecular weight excluding hydrogens is 416 g/mol. The summed E-state index contributed by atoms with van der Waals surface area (Å²) >= 11 is 0. The maximum atomic E-state index is 13.1. The van der Waals surface area contributed by atoms with Crippen LogP contribution in [0, 0.1) is 13.8 Å². The summed E-state index contributed by atoms with van der Waals surface area (Å²) in [5, 5.41) is 4.85. The van der Waals surface area contributed by atoms with E-state index in [4.69, 9.17) is 4.52 Å². The highest BCUT2D eigenvalue weighted by molar-refractivity contribution is 7.89. The van der Waals surface area contributed by atoms with Gasteiger partial charge in [-0.05, 0) is 44.9 Å². The molecule has 2 aliphatic heterocycles. The van der Waals surface area contributed by atoms with Crippen LogP contribution in [-0.2, 0) is 10.0 Å². The first-order chi connectivity index (χ1) is 14.9. The van der Waals surface area contributed by atoms with E-state index in [-0.39, 0.29) is 4.90 Å². The normalized spacial score (nSPS) is 18.3. The van der Waals surface area contributed by atoms with Gasteiger partial charge in [-0.1, -0.05) is 5.16 Å². The standard InChI is InChI=1S/C21H26N6O3S/c1-15-20(16(2)30-24-15)31(28,29)27-11-9-25(10-12-27)17-5-6-19-18(13-17)21(23-14-22-19)26-7-3-4-8-26/h5-6,13-14H,3-4,7-12H2,1-2H3. The van der Waals surface area contributed by atoms with Gasteiger partial charge in [0.15, 0.2) is 5.76 Å². The Morgan fingerprint density at radius 3 is 2.35 bits per heavy atom. The van der Waals surface area contributed by atoms with E-state index in [1.807, 2.05) is 6.07 Å². The lowest BCUT2D eigenvalue weighted by Crippen LogP contribution is -2.48. The zero-order chi connectivity index (χ0) is 21.6. The number of sulfonamides is 1. The van der Waals surface area contributed by atoms with Gasteiger partial charge in [-0.3, -0.25) is 0 Å². The van der Waals surface area contributed by atoms with Crippen LogP contribution in [0.1, 0.15) is 24.3 Å². The van der Waals surface area contributed by atoms with Crippen LogP contribution in [0.25, 0.3) is 10.9 Å². The first-order valence-corrected chi connectivity index (χ1v) is 12.1. The van der Waals surface area contributed by atoms with Gasteiger partial charge >= 0.3 is 0 Å². The van der Waals surface area contributed by atoms with Crippen LogP contribution in [0.5, 0.6) is 0 Å². The monoisotopic (exact) mass is 442 g/mol. The highest BCUT2D eigenvalue weighted by Gasteiger charge is 2.33. The van der Waals surface area contributed by atoms with E-state index in [0.717, 1.165) is 35.5 Å². The van der Waals surface area contributed by atoms with Crippen molar-refractivity contribution in [1.29, 1.82) is 0 Å². The summed E-state index contributed by atoms with van der Waals surface area (Å²) < 4.78 is 32.8. The molecule has 9 nitrogen and oxygen atoms in total. The minimum absolute atomic E-state index is 0.194. The van der Waals surface area contributed by atoms with Crippen LogP contribution in [0.3, 0.4) is 0 Å². The van der Waals surface area contributed by atoms with E-state index in [9.17, 15) is 8.42 Å². The van der Waals surface area contributed by atoms with Gasteiger partial charge in [0.25, 0.3) is 0 Å². The molecule has 5 rings (SSSR count). The van der Waals surface area contributed by atoms with Crippen molar-refractivity contribution in [2.75, 3.05) is 49.1 Å². The van der Waals surface area contributed by atoms with E-state index in [2.05, 4.69) is 37.1 Å². The molecule has 0 unspecified atom stereocenters. The molecule has 0 N–H and O–H groups in total. The summed E-state index contributed by atoms with van der Waals surface area (Å²) in [4.78, 5) is 13.7. The van der Waals surface area contributed by atoms with Crippen molar-refractivity contribution >= 4 is 32.4 Å². The molecule has 4 heterocycles. The summed E-state index contributed by atoms with van der Waals surface area (Å²) in [6.07, 6.45) is 4.01. The lowest BCUT2D eigenvalue weighted by atomic mass is 10.1. The Hall–Kier alpha value is -2.72. The smallest absolute Gasteiger partial charge is 0.248 e. The average Bonchev–Trinajstić information content (AvgIpc) is 3.43. The van der Waals surface area contributed by atoms with Crippen molar-refractivity contribution in [2.45, 2.75) is 31.6 Å². The fraction of sp³-hybridized carbons (Fsp3) is 0.476. The third-order valence-corrected chi connectivity index (χ3v) is 8.32. The number of hydrogen-bond acceptors (Lipinski definition) is 8. The first kappa shape index (κ1) is 20.2. The molecule has 1 aromatic carbocycles. The Balaban J connectivity index is 1.38. The second-order valence-electron chi connectivity index (χ2n) is 8.14. The minimum Gasteiger partial charge on any atom is -0.369 e. The molecule has 0 saturated carbocycles. The predicted octanol–water partition coefficient (Wildman–Crippen LogP) is 2.35. The van der Waals surface area contributed by atoms with Crippen LogP contribution >= 0.6 is 0 Å². The van der Waals surface area contributed by atoms with E-state index >= 15 is 0 Å². The molecule has 0 bridgehead atoms. The van der Waals surface area contributed by atoms with E-state index in [1.165, 1.54) is 17.1 Å². The maximum Gasteiger partial charge on any atom is 0.248 e. The van der Waals surface area contributed by atoms with E-state index in [1.54, 1.807) is 20.2 Å². The summed E-state index contributed by atoms with van der Waals surface area (Å²) in [7, 11) is -3.61. The van der Waals surface area contributed by atoms with Crippen molar-refractivity contribution in [3.63, 3.8) is 0 Å². The highest BCUT2D eigenvalue weighted by Crippen LogP contribution is 2.31. The highest BCUT2D eigenvalue weighted by atomic mass is 32.2. The molecule has 0 spiro atoms. The van der Waals surface area contributed by atoms with Crippen LogP contribution in [0.2, 0.25) is 0 Å². The van der Waals surface area contributed by atoms with Gasteiger partial charge in [0.05, 0.1) is 5.52 Å². The topological polar surface area (TPSA) is 95.7 Å². The third-order valence-electron chi connectivity index (χ3n) is 6.17. The van der Waals surface area contributed by atoms with Gasteiger partial charge in [-0.15, -0.1) is 0 Å². The van der Waals surface area contributed by atoms with Crippen molar-refractivity contribution in [1.82, 2.24) is 19.4 Å². The number of rotatable bonds is 4. The maximum absolute atomic E-state index is 13.1. The number of hydrogen-bond donors (Lipinski definition) is 0. The number of aromatic nitrogens is 3. The summed E-state index contributed by atoms with van der Waals surface area (Å²) in [6.45, 7) is 7.39. The second-order valence-corrected chi connectivity index (χ2v) is 10.0. The molecule has 164 valence electrons. The molecule has 2 aromatic heterocycles. The Morgan fingerprint density at radius 2 is 1.68 bits per heavy atom. The molecule has 0 aliphatic carbocycles. The molecule has 0 radical (unpaired) electrons. The lowest BCUT2D eigenvalue weighted by molar-refractivity contribution is 0.378. The van der Waals surface area contributed by atoms with E-state index < -0.39 is 10.0 Å². The Labute approximate surface area is 181 Å². The second kappa shape index (κ2) is 7.76.